The number of rotatable bonds is 3. The Morgan fingerprint density at radius 2 is 2.10 bits per heavy atom. The Morgan fingerprint density at radius 1 is 1.20 bits per heavy atom. The first-order valence-electron chi connectivity index (χ1n) is 7.85. The predicted octanol–water partition coefficient (Wildman–Crippen LogP) is 2.69. The van der Waals surface area contributed by atoms with E-state index in [1.165, 1.54) is 38.8 Å². The summed E-state index contributed by atoms with van der Waals surface area (Å²) in [6, 6.07) is 2.57. The third-order valence-electron chi connectivity index (χ3n) is 5.07. The highest BCUT2D eigenvalue weighted by Gasteiger charge is 2.38. The summed E-state index contributed by atoms with van der Waals surface area (Å²) < 4.78 is 0. The Balaban J connectivity index is 1.49. The molecule has 3 aliphatic heterocycles. The molecule has 3 nitrogen and oxygen atoms in total. The molecule has 1 saturated carbocycles. The average molecular weight is 290 g/mol. The maximum atomic E-state index is 12.6. The second kappa shape index (κ2) is 5.15. The van der Waals surface area contributed by atoms with Crippen molar-refractivity contribution in [2.45, 2.75) is 31.7 Å². The van der Waals surface area contributed by atoms with Gasteiger partial charge < -0.3 is 4.90 Å². The largest absolute Gasteiger partial charge is 0.337 e. The molecule has 1 aromatic heterocycles. The van der Waals surface area contributed by atoms with Gasteiger partial charge in [-0.2, -0.15) is 11.3 Å². The Morgan fingerprint density at radius 3 is 2.85 bits per heavy atom. The van der Waals surface area contributed by atoms with Gasteiger partial charge in [-0.25, -0.2) is 0 Å². The third-order valence-corrected chi connectivity index (χ3v) is 5.76. The lowest BCUT2D eigenvalue weighted by Gasteiger charge is -2.36. The second-order valence-electron chi connectivity index (χ2n) is 6.72. The van der Waals surface area contributed by atoms with Gasteiger partial charge in [-0.1, -0.05) is 0 Å². The number of nitrogens with zero attached hydrogens (tertiary/aromatic N) is 2. The summed E-state index contributed by atoms with van der Waals surface area (Å²) in [4.78, 5) is 17.4. The van der Waals surface area contributed by atoms with Gasteiger partial charge in [0, 0.05) is 37.6 Å². The molecule has 0 aromatic carbocycles. The number of hydrogen-bond acceptors (Lipinski definition) is 3. The minimum absolute atomic E-state index is 0.247. The van der Waals surface area contributed by atoms with E-state index >= 15 is 0 Å². The summed E-state index contributed by atoms with van der Waals surface area (Å²) in [5.74, 6) is 1.89. The van der Waals surface area contributed by atoms with E-state index in [9.17, 15) is 4.79 Å². The number of carbonyl (C=O) groups is 1. The van der Waals surface area contributed by atoms with Crippen molar-refractivity contribution in [3.8, 4) is 0 Å². The Hall–Kier alpha value is -0.870. The number of hydrogen-bond donors (Lipinski definition) is 0. The normalized spacial score (nSPS) is 30.5. The van der Waals surface area contributed by atoms with Gasteiger partial charge in [0.1, 0.15) is 0 Å². The fraction of sp³-hybridized carbons (Fsp3) is 0.688. The van der Waals surface area contributed by atoms with Gasteiger partial charge >= 0.3 is 0 Å². The standard InChI is InChI=1S/C16H22N2OS/c19-16(14-5-6-20-11-14)18-9-13-3-4-15(10-18)17(8-13)7-12-1-2-12/h5-6,11-13,15H,1-4,7-10H2/t13-,15-/m1/s1. The lowest BCUT2D eigenvalue weighted by molar-refractivity contribution is 0.0737. The summed E-state index contributed by atoms with van der Waals surface area (Å²) >= 11 is 1.61. The van der Waals surface area contributed by atoms with Gasteiger partial charge in [-0.3, -0.25) is 9.69 Å². The Labute approximate surface area is 124 Å². The van der Waals surface area contributed by atoms with Crippen LogP contribution in [-0.2, 0) is 0 Å². The van der Waals surface area contributed by atoms with Crippen LogP contribution in [-0.4, -0.2) is 47.9 Å². The summed E-state index contributed by atoms with van der Waals surface area (Å²) in [6.07, 6.45) is 5.43. The van der Waals surface area contributed by atoms with Gasteiger partial charge in [0.15, 0.2) is 0 Å². The fourth-order valence-electron chi connectivity index (χ4n) is 3.77. The summed E-state index contributed by atoms with van der Waals surface area (Å²) in [6.45, 7) is 4.40. The van der Waals surface area contributed by atoms with Crippen LogP contribution in [0.15, 0.2) is 16.8 Å². The number of fused-ring (bicyclic) bond motifs is 4. The smallest absolute Gasteiger partial charge is 0.254 e. The summed E-state index contributed by atoms with van der Waals surface area (Å²) in [5, 5.41) is 3.98. The molecule has 0 unspecified atom stereocenters. The highest BCUT2D eigenvalue weighted by atomic mass is 32.1. The van der Waals surface area contributed by atoms with E-state index in [1.807, 2.05) is 16.8 Å². The van der Waals surface area contributed by atoms with E-state index in [0.29, 0.717) is 12.0 Å². The van der Waals surface area contributed by atoms with Crippen molar-refractivity contribution < 1.29 is 4.79 Å². The monoisotopic (exact) mass is 290 g/mol. The van der Waals surface area contributed by atoms with Gasteiger partial charge in [0.2, 0.25) is 0 Å². The molecule has 2 bridgehead atoms. The molecular weight excluding hydrogens is 268 g/mol. The first kappa shape index (κ1) is 12.8. The van der Waals surface area contributed by atoms with Crippen LogP contribution < -0.4 is 0 Å². The molecule has 4 heteroatoms. The molecule has 1 aliphatic carbocycles. The minimum atomic E-state index is 0.247. The van der Waals surface area contributed by atoms with Crippen LogP contribution in [0.1, 0.15) is 36.0 Å². The molecule has 108 valence electrons. The molecule has 4 fully saturated rings. The molecule has 1 aromatic rings. The number of thiophene rings is 1. The molecule has 3 saturated heterocycles. The van der Waals surface area contributed by atoms with Crippen molar-refractivity contribution in [1.82, 2.24) is 9.80 Å². The summed E-state index contributed by atoms with van der Waals surface area (Å²) in [5.41, 5.74) is 0.880. The zero-order valence-corrected chi connectivity index (χ0v) is 12.6. The van der Waals surface area contributed by atoms with Gasteiger partial charge in [0.05, 0.1) is 5.56 Å². The zero-order chi connectivity index (χ0) is 13.5. The van der Waals surface area contributed by atoms with E-state index in [0.717, 1.165) is 24.6 Å². The molecule has 0 radical (unpaired) electrons. The highest BCUT2D eigenvalue weighted by molar-refractivity contribution is 7.08. The molecule has 0 spiro atoms. The zero-order valence-electron chi connectivity index (χ0n) is 11.8. The van der Waals surface area contributed by atoms with Crippen molar-refractivity contribution in [1.29, 1.82) is 0 Å². The lowest BCUT2D eigenvalue weighted by atomic mass is 9.95. The number of amides is 1. The van der Waals surface area contributed by atoms with Crippen LogP contribution in [0.4, 0.5) is 0 Å². The van der Waals surface area contributed by atoms with Crippen LogP contribution in [0.25, 0.3) is 0 Å². The van der Waals surface area contributed by atoms with Crippen molar-refractivity contribution in [2.24, 2.45) is 11.8 Å². The van der Waals surface area contributed by atoms with Crippen molar-refractivity contribution in [3.05, 3.63) is 22.4 Å². The van der Waals surface area contributed by atoms with Crippen molar-refractivity contribution >= 4 is 17.2 Å². The second-order valence-corrected chi connectivity index (χ2v) is 7.50. The van der Waals surface area contributed by atoms with Crippen LogP contribution in [0.3, 0.4) is 0 Å². The Bertz CT molecular complexity index is 483. The predicted molar refractivity (Wildman–Crippen MR) is 81.0 cm³/mol. The molecule has 2 atom stereocenters. The topological polar surface area (TPSA) is 23.6 Å². The Kier molecular flexibility index (Phi) is 3.31. The van der Waals surface area contributed by atoms with Gasteiger partial charge in [-0.05, 0) is 49.0 Å². The molecular formula is C16H22N2OS. The molecule has 0 N–H and O–H groups in total. The van der Waals surface area contributed by atoms with Gasteiger partial charge in [-0.15, -0.1) is 0 Å². The van der Waals surface area contributed by atoms with E-state index < -0.39 is 0 Å². The lowest BCUT2D eigenvalue weighted by Crippen LogP contribution is -2.45. The van der Waals surface area contributed by atoms with Crippen LogP contribution in [0, 0.1) is 11.8 Å². The maximum absolute atomic E-state index is 12.6. The third kappa shape index (κ3) is 2.51. The quantitative estimate of drug-likeness (QED) is 0.854. The van der Waals surface area contributed by atoms with E-state index in [1.54, 1.807) is 11.3 Å². The first-order chi connectivity index (χ1) is 9.79. The average Bonchev–Trinajstić information content (AvgIpc) is 3.18. The SMILES string of the molecule is O=C(c1ccsc1)N1C[C@@H]2CC[C@H](C1)N(CC1CC1)C2. The molecule has 1 amide bonds. The van der Waals surface area contributed by atoms with E-state index in [2.05, 4.69) is 9.80 Å². The number of carbonyl (C=O) groups excluding carboxylic acids is 1. The van der Waals surface area contributed by atoms with Crippen LogP contribution in [0.5, 0.6) is 0 Å². The summed E-state index contributed by atoms with van der Waals surface area (Å²) in [7, 11) is 0. The van der Waals surface area contributed by atoms with E-state index in [-0.39, 0.29) is 5.91 Å². The van der Waals surface area contributed by atoms with Crippen LogP contribution in [0.2, 0.25) is 0 Å². The van der Waals surface area contributed by atoms with Crippen molar-refractivity contribution in [3.63, 3.8) is 0 Å². The first-order valence-corrected chi connectivity index (χ1v) is 8.79. The minimum Gasteiger partial charge on any atom is -0.337 e. The molecule has 4 aliphatic rings. The molecule has 20 heavy (non-hydrogen) atoms. The van der Waals surface area contributed by atoms with Gasteiger partial charge in [0.25, 0.3) is 5.91 Å². The van der Waals surface area contributed by atoms with Crippen LogP contribution >= 0.6 is 11.3 Å². The molecule has 5 rings (SSSR count). The fourth-order valence-corrected chi connectivity index (χ4v) is 4.40. The molecule has 4 heterocycles. The van der Waals surface area contributed by atoms with Crippen molar-refractivity contribution in [2.75, 3.05) is 26.2 Å². The number of piperidine rings is 1. The highest BCUT2D eigenvalue weighted by Crippen LogP contribution is 2.35. The maximum Gasteiger partial charge on any atom is 0.254 e. The van der Waals surface area contributed by atoms with E-state index in [4.69, 9.17) is 0 Å².